The molecule has 1 fully saturated rings. The van der Waals surface area contributed by atoms with Crippen molar-refractivity contribution in [1.29, 1.82) is 0 Å². The van der Waals surface area contributed by atoms with Crippen LogP contribution in [0.4, 0.5) is 0 Å². The second kappa shape index (κ2) is 10.3. The number of carbonyl (C=O) groups is 1. The molecule has 1 unspecified atom stereocenters. The third-order valence-corrected chi connectivity index (χ3v) is 5.62. The summed E-state index contributed by atoms with van der Waals surface area (Å²) in [7, 11) is 6.64. The summed E-state index contributed by atoms with van der Waals surface area (Å²) in [6, 6.07) is 14.2. The summed E-state index contributed by atoms with van der Waals surface area (Å²) < 4.78 is 16.3. The number of amides is 1. The lowest BCUT2D eigenvalue weighted by Gasteiger charge is -2.34. The fourth-order valence-electron chi connectivity index (χ4n) is 4.13. The van der Waals surface area contributed by atoms with Crippen molar-refractivity contribution in [1.82, 2.24) is 9.80 Å². The first-order chi connectivity index (χ1) is 14.5. The van der Waals surface area contributed by atoms with Crippen molar-refractivity contribution >= 4 is 5.91 Å². The molecular weight excluding hydrogens is 380 g/mol. The predicted octanol–water partition coefficient (Wildman–Crippen LogP) is 3.58. The molecule has 3 rings (SSSR count). The third kappa shape index (κ3) is 5.25. The average molecular weight is 413 g/mol. The zero-order chi connectivity index (χ0) is 21.5. The molecule has 1 atom stereocenters. The molecule has 1 aliphatic rings. The molecule has 0 spiro atoms. The summed E-state index contributed by atoms with van der Waals surface area (Å²) in [5.41, 5.74) is 2.23. The van der Waals surface area contributed by atoms with E-state index in [2.05, 4.69) is 29.2 Å². The molecule has 2 aromatic carbocycles. The first-order valence-electron chi connectivity index (χ1n) is 10.4. The highest BCUT2D eigenvalue weighted by Gasteiger charge is 2.28. The Morgan fingerprint density at radius 3 is 2.30 bits per heavy atom. The van der Waals surface area contributed by atoms with Crippen molar-refractivity contribution in [2.75, 3.05) is 41.5 Å². The van der Waals surface area contributed by atoms with Gasteiger partial charge in [-0.25, -0.2) is 0 Å². The van der Waals surface area contributed by atoms with Crippen LogP contribution in [-0.4, -0.2) is 57.2 Å². The Bertz CT molecular complexity index is 815. The highest BCUT2D eigenvalue weighted by molar-refractivity contribution is 5.79. The molecule has 30 heavy (non-hydrogen) atoms. The Kier molecular flexibility index (Phi) is 7.57. The topological polar surface area (TPSA) is 51.2 Å². The van der Waals surface area contributed by atoms with Gasteiger partial charge in [-0.1, -0.05) is 30.3 Å². The zero-order valence-corrected chi connectivity index (χ0v) is 18.4. The number of hydrogen-bond acceptors (Lipinski definition) is 5. The van der Waals surface area contributed by atoms with Crippen LogP contribution >= 0.6 is 0 Å². The van der Waals surface area contributed by atoms with Crippen molar-refractivity contribution in [3.05, 3.63) is 53.6 Å². The number of benzene rings is 2. The fourth-order valence-corrected chi connectivity index (χ4v) is 4.13. The first kappa shape index (κ1) is 22.0. The van der Waals surface area contributed by atoms with Crippen LogP contribution in [-0.2, 0) is 17.9 Å². The van der Waals surface area contributed by atoms with E-state index in [9.17, 15) is 4.79 Å². The molecule has 0 aliphatic carbocycles. The molecule has 2 aromatic rings. The lowest BCUT2D eigenvalue weighted by Crippen LogP contribution is -2.43. The van der Waals surface area contributed by atoms with Crippen LogP contribution in [0.3, 0.4) is 0 Å². The van der Waals surface area contributed by atoms with E-state index in [0.717, 1.165) is 38.0 Å². The highest BCUT2D eigenvalue weighted by atomic mass is 16.5. The van der Waals surface area contributed by atoms with Gasteiger partial charge in [-0.3, -0.25) is 9.69 Å². The number of likely N-dealkylation sites (tertiary alicyclic amines) is 1. The summed E-state index contributed by atoms with van der Waals surface area (Å²) in [6.45, 7) is 3.22. The average Bonchev–Trinajstić information content (AvgIpc) is 2.78. The van der Waals surface area contributed by atoms with Crippen LogP contribution in [0.1, 0.15) is 24.0 Å². The largest absolute Gasteiger partial charge is 0.493 e. The molecule has 1 saturated heterocycles. The minimum absolute atomic E-state index is 0.0227. The molecule has 162 valence electrons. The zero-order valence-electron chi connectivity index (χ0n) is 18.4. The van der Waals surface area contributed by atoms with Crippen molar-refractivity contribution < 1.29 is 19.0 Å². The van der Waals surface area contributed by atoms with Crippen LogP contribution < -0.4 is 14.2 Å². The summed E-state index contributed by atoms with van der Waals surface area (Å²) in [6.07, 6.45) is 1.98. The van der Waals surface area contributed by atoms with Gasteiger partial charge in [0.1, 0.15) is 0 Å². The van der Waals surface area contributed by atoms with Gasteiger partial charge in [0, 0.05) is 26.7 Å². The standard InChI is InChI=1S/C24H32N2O4/c1-25(15-19-13-21(28-2)23(30-4)22(14-19)29-3)24(27)20-11-8-12-26(17-20)16-18-9-6-5-7-10-18/h5-7,9-10,13-14,20H,8,11-12,15-17H2,1-4H3. The summed E-state index contributed by atoms with van der Waals surface area (Å²) in [5.74, 6) is 1.95. The molecule has 1 amide bonds. The van der Waals surface area contributed by atoms with Gasteiger partial charge in [0.05, 0.1) is 27.2 Å². The maximum atomic E-state index is 13.1. The SMILES string of the molecule is COc1cc(CN(C)C(=O)C2CCCN(Cc3ccccc3)C2)cc(OC)c1OC. The number of hydrogen-bond donors (Lipinski definition) is 0. The summed E-state index contributed by atoms with van der Waals surface area (Å²) in [4.78, 5) is 17.3. The number of rotatable bonds is 8. The van der Waals surface area contributed by atoms with Crippen LogP contribution in [0.5, 0.6) is 17.2 Å². The first-order valence-corrected chi connectivity index (χ1v) is 10.4. The molecular formula is C24H32N2O4. The number of carbonyl (C=O) groups excluding carboxylic acids is 1. The number of methoxy groups -OCH3 is 3. The van der Waals surface area contributed by atoms with Crippen LogP contribution in [0.2, 0.25) is 0 Å². The van der Waals surface area contributed by atoms with Gasteiger partial charge in [0.15, 0.2) is 11.5 Å². The molecule has 1 heterocycles. The molecule has 0 radical (unpaired) electrons. The second-order valence-corrected chi connectivity index (χ2v) is 7.79. The maximum absolute atomic E-state index is 13.1. The van der Waals surface area contributed by atoms with Gasteiger partial charge in [-0.05, 0) is 42.6 Å². The second-order valence-electron chi connectivity index (χ2n) is 7.79. The molecule has 1 aliphatic heterocycles. The Morgan fingerprint density at radius 2 is 1.70 bits per heavy atom. The Hall–Kier alpha value is -2.73. The smallest absolute Gasteiger partial charge is 0.227 e. The minimum atomic E-state index is 0.0227. The molecule has 0 N–H and O–H groups in total. The summed E-state index contributed by atoms with van der Waals surface area (Å²) in [5, 5.41) is 0. The maximum Gasteiger partial charge on any atom is 0.227 e. The van der Waals surface area contributed by atoms with Crippen LogP contribution in [0.15, 0.2) is 42.5 Å². The fraction of sp³-hybridized carbons (Fsp3) is 0.458. The van der Waals surface area contributed by atoms with Crippen molar-refractivity contribution in [3.63, 3.8) is 0 Å². The van der Waals surface area contributed by atoms with E-state index in [1.54, 1.807) is 26.2 Å². The van der Waals surface area contributed by atoms with Gasteiger partial charge in [0.25, 0.3) is 0 Å². The highest BCUT2D eigenvalue weighted by Crippen LogP contribution is 2.38. The monoisotopic (exact) mass is 412 g/mol. The molecule has 0 aromatic heterocycles. The molecule has 0 saturated carbocycles. The van der Waals surface area contributed by atoms with E-state index in [1.807, 2.05) is 25.2 Å². The third-order valence-electron chi connectivity index (χ3n) is 5.62. The predicted molar refractivity (Wildman–Crippen MR) is 117 cm³/mol. The van der Waals surface area contributed by atoms with Gasteiger partial charge < -0.3 is 19.1 Å². The van der Waals surface area contributed by atoms with E-state index < -0.39 is 0 Å². The molecule has 0 bridgehead atoms. The van der Waals surface area contributed by atoms with Gasteiger partial charge >= 0.3 is 0 Å². The summed E-state index contributed by atoms with van der Waals surface area (Å²) >= 11 is 0. The number of piperidine rings is 1. The van der Waals surface area contributed by atoms with E-state index in [1.165, 1.54) is 5.56 Å². The lowest BCUT2D eigenvalue weighted by atomic mass is 9.96. The van der Waals surface area contributed by atoms with Gasteiger partial charge in [-0.2, -0.15) is 0 Å². The van der Waals surface area contributed by atoms with Gasteiger partial charge in [-0.15, -0.1) is 0 Å². The Balaban J connectivity index is 1.65. The normalized spacial score (nSPS) is 16.7. The van der Waals surface area contributed by atoms with Crippen molar-refractivity contribution in [3.8, 4) is 17.2 Å². The van der Waals surface area contributed by atoms with E-state index in [0.29, 0.717) is 23.8 Å². The van der Waals surface area contributed by atoms with Crippen LogP contribution in [0, 0.1) is 5.92 Å². The quantitative estimate of drug-likeness (QED) is 0.663. The molecule has 6 heteroatoms. The Morgan fingerprint density at radius 1 is 1.03 bits per heavy atom. The van der Waals surface area contributed by atoms with Crippen LogP contribution in [0.25, 0.3) is 0 Å². The molecule has 6 nitrogen and oxygen atoms in total. The van der Waals surface area contributed by atoms with E-state index in [-0.39, 0.29) is 11.8 Å². The Labute approximate surface area is 179 Å². The number of ether oxygens (including phenoxy) is 3. The lowest BCUT2D eigenvalue weighted by molar-refractivity contribution is -0.136. The van der Waals surface area contributed by atoms with E-state index in [4.69, 9.17) is 14.2 Å². The minimum Gasteiger partial charge on any atom is -0.493 e. The van der Waals surface area contributed by atoms with Crippen molar-refractivity contribution in [2.45, 2.75) is 25.9 Å². The van der Waals surface area contributed by atoms with Gasteiger partial charge in [0.2, 0.25) is 11.7 Å². The van der Waals surface area contributed by atoms with Crippen molar-refractivity contribution in [2.24, 2.45) is 5.92 Å². The number of nitrogens with zero attached hydrogens (tertiary/aromatic N) is 2. The van der Waals surface area contributed by atoms with E-state index >= 15 is 0 Å².